The molecule has 9 heteroatoms. The number of hydrogen-bond acceptors (Lipinski definition) is 7. The highest BCUT2D eigenvalue weighted by Gasteiger charge is 2.10. The maximum Gasteiger partial charge on any atom is 0.335 e. The Morgan fingerprint density at radius 3 is 2.64 bits per heavy atom. The Morgan fingerprint density at radius 1 is 1.07 bits per heavy atom. The normalized spacial score (nSPS) is 11.0. The topological polar surface area (TPSA) is 134 Å². The molecule has 0 saturated carbocycles. The number of nitrogens with one attached hydrogen (secondary N) is 2. The molecule has 3 N–H and O–H groups in total. The number of carbonyl (C=O) groups is 1. The van der Waals surface area contributed by atoms with Crippen LogP contribution in [0.2, 0.25) is 0 Å². The lowest BCUT2D eigenvalue weighted by Gasteiger charge is -2.03. The molecule has 0 bridgehead atoms. The van der Waals surface area contributed by atoms with Crippen LogP contribution in [-0.4, -0.2) is 31.2 Å². The Labute approximate surface area is 158 Å². The van der Waals surface area contributed by atoms with Gasteiger partial charge in [0, 0.05) is 5.56 Å². The molecule has 4 rings (SSSR count). The van der Waals surface area contributed by atoms with Gasteiger partial charge in [-0.3, -0.25) is 4.79 Å². The Balaban J connectivity index is 1.41. The molecule has 9 nitrogen and oxygen atoms in total. The van der Waals surface area contributed by atoms with E-state index in [1.165, 1.54) is 12.1 Å². The molecule has 0 unspecified atom stereocenters. The third-order valence-electron chi connectivity index (χ3n) is 4.09. The summed E-state index contributed by atoms with van der Waals surface area (Å²) in [6.07, 6.45) is 0. The van der Waals surface area contributed by atoms with Gasteiger partial charge in [0.1, 0.15) is 5.82 Å². The molecule has 0 spiro atoms. The van der Waals surface area contributed by atoms with Crippen molar-refractivity contribution < 1.29 is 14.4 Å². The zero-order valence-electron chi connectivity index (χ0n) is 14.5. The molecule has 0 atom stereocenters. The van der Waals surface area contributed by atoms with Gasteiger partial charge >= 0.3 is 5.97 Å². The monoisotopic (exact) mass is 377 g/mol. The summed E-state index contributed by atoms with van der Waals surface area (Å²) in [5.41, 5.74) is 1.28. The van der Waals surface area contributed by atoms with Crippen LogP contribution in [0.3, 0.4) is 0 Å². The van der Waals surface area contributed by atoms with Crippen molar-refractivity contribution in [3.63, 3.8) is 0 Å². The molecular formula is C19H15N5O4. The fourth-order valence-corrected chi connectivity index (χ4v) is 2.71. The van der Waals surface area contributed by atoms with Crippen LogP contribution in [0.1, 0.15) is 22.1 Å². The fourth-order valence-electron chi connectivity index (χ4n) is 2.71. The average molecular weight is 377 g/mol. The number of aromatic amines is 1. The van der Waals surface area contributed by atoms with E-state index in [9.17, 15) is 9.59 Å². The van der Waals surface area contributed by atoms with Crippen molar-refractivity contribution in [2.45, 2.75) is 13.1 Å². The van der Waals surface area contributed by atoms with Crippen LogP contribution in [0, 0.1) is 0 Å². The van der Waals surface area contributed by atoms with E-state index >= 15 is 0 Å². The molecule has 2 aromatic heterocycles. The summed E-state index contributed by atoms with van der Waals surface area (Å²) in [6, 6.07) is 13.3. The number of rotatable bonds is 6. The van der Waals surface area contributed by atoms with E-state index in [1.807, 2.05) is 6.07 Å². The van der Waals surface area contributed by atoms with Crippen molar-refractivity contribution in [3.8, 4) is 11.4 Å². The van der Waals surface area contributed by atoms with Crippen LogP contribution in [0.15, 0.2) is 57.8 Å². The fraction of sp³-hybridized carbons (Fsp3) is 0.105. The second-order valence-corrected chi connectivity index (χ2v) is 6.03. The maximum atomic E-state index is 12.1. The second kappa shape index (κ2) is 7.41. The number of benzene rings is 2. The van der Waals surface area contributed by atoms with Gasteiger partial charge in [-0.15, -0.1) is 0 Å². The second-order valence-electron chi connectivity index (χ2n) is 6.03. The first kappa shape index (κ1) is 17.6. The molecule has 2 heterocycles. The van der Waals surface area contributed by atoms with Gasteiger partial charge in [-0.25, -0.2) is 9.78 Å². The third kappa shape index (κ3) is 3.64. The first-order valence-corrected chi connectivity index (χ1v) is 8.45. The van der Waals surface area contributed by atoms with Crippen molar-refractivity contribution in [2.75, 3.05) is 0 Å². The molecule has 0 amide bonds. The number of carboxylic acids is 1. The molecule has 0 aliphatic heterocycles. The lowest BCUT2D eigenvalue weighted by molar-refractivity contribution is 0.0697. The van der Waals surface area contributed by atoms with E-state index in [0.717, 1.165) is 0 Å². The SMILES string of the molecule is O=C(O)c1ccc(-c2noc(CNCc3nc4ccccc4c(=O)[nH]3)n2)cc1. The Kier molecular flexibility index (Phi) is 4.65. The summed E-state index contributed by atoms with van der Waals surface area (Å²) in [6.45, 7) is 0.613. The van der Waals surface area contributed by atoms with Crippen LogP contribution in [0.4, 0.5) is 0 Å². The quantitative estimate of drug-likeness (QED) is 0.464. The van der Waals surface area contributed by atoms with Gasteiger partial charge in [-0.1, -0.05) is 29.4 Å². The lowest BCUT2D eigenvalue weighted by atomic mass is 10.1. The third-order valence-corrected chi connectivity index (χ3v) is 4.09. The van der Waals surface area contributed by atoms with Gasteiger partial charge in [0.25, 0.3) is 5.56 Å². The van der Waals surface area contributed by atoms with E-state index in [4.69, 9.17) is 9.63 Å². The minimum Gasteiger partial charge on any atom is -0.478 e. The summed E-state index contributed by atoms with van der Waals surface area (Å²) in [5, 5.41) is 16.5. The molecule has 0 radical (unpaired) electrons. The first-order chi connectivity index (χ1) is 13.6. The predicted octanol–water partition coefficient (Wildman–Crippen LogP) is 1.96. The number of fused-ring (bicyclic) bond motifs is 1. The van der Waals surface area contributed by atoms with Gasteiger partial charge in [-0.2, -0.15) is 4.98 Å². The minimum absolute atomic E-state index is 0.186. The van der Waals surface area contributed by atoms with Crippen molar-refractivity contribution >= 4 is 16.9 Å². The highest BCUT2D eigenvalue weighted by molar-refractivity contribution is 5.88. The summed E-state index contributed by atoms with van der Waals surface area (Å²) in [4.78, 5) is 34.4. The van der Waals surface area contributed by atoms with Crippen LogP contribution in [0.5, 0.6) is 0 Å². The molecule has 2 aromatic carbocycles. The Morgan fingerprint density at radius 2 is 1.86 bits per heavy atom. The van der Waals surface area contributed by atoms with E-state index < -0.39 is 5.97 Å². The van der Waals surface area contributed by atoms with E-state index in [-0.39, 0.29) is 17.7 Å². The highest BCUT2D eigenvalue weighted by atomic mass is 16.5. The maximum absolute atomic E-state index is 12.1. The molecule has 140 valence electrons. The summed E-state index contributed by atoms with van der Waals surface area (Å²) >= 11 is 0. The standard InChI is InChI=1S/C19H15N5O4/c25-18-13-3-1-2-4-14(13)21-15(22-18)9-20-10-16-23-17(24-28-16)11-5-7-12(8-6-11)19(26)27/h1-8,20H,9-10H2,(H,26,27)(H,21,22,25). The Bertz CT molecular complexity index is 1200. The number of aromatic carboxylic acids is 1. The number of aromatic nitrogens is 4. The van der Waals surface area contributed by atoms with Gasteiger partial charge in [0.05, 0.1) is 29.6 Å². The summed E-state index contributed by atoms with van der Waals surface area (Å²) in [5.74, 6) is 0.240. The predicted molar refractivity (Wildman–Crippen MR) is 99.6 cm³/mol. The van der Waals surface area contributed by atoms with Crippen molar-refractivity contribution in [3.05, 3.63) is 76.2 Å². The summed E-state index contributed by atoms with van der Waals surface area (Å²) in [7, 11) is 0. The highest BCUT2D eigenvalue weighted by Crippen LogP contribution is 2.16. The van der Waals surface area contributed by atoms with Crippen molar-refractivity contribution in [1.29, 1.82) is 0 Å². The van der Waals surface area contributed by atoms with Gasteiger partial charge in [-0.05, 0) is 24.3 Å². The molecule has 0 aliphatic rings. The summed E-state index contributed by atoms with van der Waals surface area (Å²) < 4.78 is 5.20. The zero-order chi connectivity index (χ0) is 19.5. The van der Waals surface area contributed by atoms with Crippen molar-refractivity contribution in [1.82, 2.24) is 25.4 Å². The largest absolute Gasteiger partial charge is 0.478 e. The van der Waals surface area contributed by atoms with E-state index in [2.05, 4.69) is 25.4 Å². The van der Waals surface area contributed by atoms with E-state index in [1.54, 1.807) is 30.3 Å². The smallest absolute Gasteiger partial charge is 0.335 e. The molecule has 0 saturated heterocycles. The lowest BCUT2D eigenvalue weighted by Crippen LogP contribution is -2.19. The minimum atomic E-state index is -0.995. The average Bonchev–Trinajstić information content (AvgIpc) is 3.17. The van der Waals surface area contributed by atoms with Gasteiger partial charge in [0.2, 0.25) is 11.7 Å². The number of H-pyrrole nitrogens is 1. The number of carboxylic acid groups (broad SMARTS) is 1. The molecule has 0 fully saturated rings. The van der Waals surface area contributed by atoms with Gasteiger partial charge in [0.15, 0.2) is 0 Å². The number of nitrogens with zero attached hydrogens (tertiary/aromatic N) is 3. The molecular weight excluding hydrogens is 362 g/mol. The van der Waals surface area contributed by atoms with Gasteiger partial charge < -0.3 is 19.9 Å². The number of hydrogen-bond donors (Lipinski definition) is 3. The van der Waals surface area contributed by atoms with Crippen LogP contribution >= 0.6 is 0 Å². The Hall–Kier alpha value is -3.85. The van der Waals surface area contributed by atoms with Crippen LogP contribution in [0.25, 0.3) is 22.3 Å². The molecule has 4 aromatic rings. The first-order valence-electron chi connectivity index (χ1n) is 8.45. The molecule has 28 heavy (non-hydrogen) atoms. The van der Waals surface area contributed by atoms with Crippen molar-refractivity contribution in [2.24, 2.45) is 0 Å². The van der Waals surface area contributed by atoms with E-state index in [0.29, 0.717) is 40.6 Å². The van der Waals surface area contributed by atoms with Crippen LogP contribution in [-0.2, 0) is 13.1 Å². The molecule has 0 aliphatic carbocycles. The van der Waals surface area contributed by atoms with Crippen LogP contribution < -0.4 is 10.9 Å². The number of para-hydroxylation sites is 1. The zero-order valence-corrected chi connectivity index (χ0v) is 14.5.